The first-order valence-electron chi connectivity index (χ1n) is 7.60. The molecular weight excluding hydrogens is 238 g/mol. The molecule has 2 unspecified atom stereocenters. The molecule has 0 heterocycles. The predicted molar refractivity (Wildman–Crippen MR) is 79.0 cm³/mol. The number of methoxy groups -OCH3 is 1. The van der Waals surface area contributed by atoms with E-state index in [1.165, 1.54) is 32.8 Å². The molecule has 0 bridgehead atoms. The summed E-state index contributed by atoms with van der Waals surface area (Å²) in [4.78, 5) is 11.5. The van der Waals surface area contributed by atoms with Gasteiger partial charge in [0.15, 0.2) is 0 Å². The van der Waals surface area contributed by atoms with Crippen LogP contribution in [0, 0.1) is 11.8 Å². The van der Waals surface area contributed by atoms with Crippen LogP contribution in [0.5, 0.6) is 0 Å². The molecule has 19 heavy (non-hydrogen) atoms. The van der Waals surface area contributed by atoms with Gasteiger partial charge in [0.05, 0.1) is 7.11 Å². The molecule has 1 rings (SSSR count). The van der Waals surface area contributed by atoms with Crippen molar-refractivity contribution in [2.75, 3.05) is 13.7 Å². The van der Waals surface area contributed by atoms with E-state index in [-0.39, 0.29) is 5.97 Å². The summed E-state index contributed by atoms with van der Waals surface area (Å²) < 4.78 is 4.77. The first-order chi connectivity index (χ1) is 9.10. The molecule has 1 aliphatic rings. The predicted octanol–water partition coefficient (Wildman–Crippen LogP) is 3.30. The standard InChI is InChI=1S/C16H29NO2/c1-5-13(16(18)19-4)10-11-17-15-9-7-6-8-14(15)12(2)3/h10,12,14-15,17H,5-9,11H2,1-4H3. The van der Waals surface area contributed by atoms with Crippen molar-refractivity contribution in [2.45, 2.75) is 58.9 Å². The van der Waals surface area contributed by atoms with Crippen molar-refractivity contribution >= 4 is 5.97 Å². The lowest BCUT2D eigenvalue weighted by atomic mass is 9.78. The molecule has 2 atom stereocenters. The lowest BCUT2D eigenvalue weighted by Crippen LogP contribution is -2.41. The SMILES string of the molecule is CCC(=CCNC1CCCCC1C(C)C)C(=O)OC. The summed E-state index contributed by atoms with van der Waals surface area (Å²) in [6.45, 7) is 7.38. The number of carbonyl (C=O) groups excluding carboxylic acids is 1. The molecule has 110 valence electrons. The van der Waals surface area contributed by atoms with Crippen molar-refractivity contribution < 1.29 is 9.53 Å². The monoisotopic (exact) mass is 267 g/mol. The van der Waals surface area contributed by atoms with E-state index in [4.69, 9.17) is 4.74 Å². The van der Waals surface area contributed by atoms with Crippen LogP contribution in [0.3, 0.4) is 0 Å². The molecule has 0 saturated heterocycles. The average Bonchev–Trinajstić information content (AvgIpc) is 2.43. The Balaban J connectivity index is 2.49. The summed E-state index contributed by atoms with van der Waals surface area (Å²) in [5.41, 5.74) is 0.770. The topological polar surface area (TPSA) is 38.3 Å². The molecule has 1 N–H and O–H groups in total. The number of ether oxygens (including phenoxy) is 1. The highest BCUT2D eigenvalue weighted by molar-refractivity contribution is 5.88. The summed E-state index contributed by atoms with van der Waals surface area (Å²) in [6.07, 6.45) is 7.99. The Kier molecular flexibility index (Phi) is 7.14. The molecule has 1 aliphatic carbocycles. The third kappa shape index (κ3) is 4.98. The second kappa shape index (κ2) is 8.36. The molecule has 0 radical (unpaired) electrons. The van der Waals surface area contributed by atoms with Gasteiger partial charge in [-0.05, 0) is 31.1 Å². The lowest BCUT2D eigenvalue weighted by Gasteiger charge is -2.35. The van der Waals surface area contributed by atoms with Gasteiger partial charge in [0.25, 0.3) is 0 Å². The molecule has 0 spiro atoms. The largest absolute Gasteiger partial charge is 0.466 e. The van der Waals surface area contributed by atoms with Crippen molar-refractivity contribution in [3.63, 3.8) is 0 Å². The summed E-state index contributed by atoms with van der Waals surface area (Å²) in [7, 11) is 1.44. The van der Waals surface area contributed by atoms with Crippen LogP contribution in [-0.4, -0.2) is 25.7 Å². The Morgan fingerprint density at radius 2 is 2.05 bits per heavy atom. The van der Waals surface area contributed by atoms with Crippen LogP contribution in [0.4, 0.5) is 0 Å². The first kappa shape index (κ1) is 16.2. The number of hydrogen-bond acceptors (Lipinski definition) is 3. The van der Waals surface area contributed by atoms with E-state index in [9.17, 15) is 4.79 Å². The maximum atomic E-state index is 11.5. The maximum Gasteiger partial charge on any atom is 0.333 e. The maximum absolute atomic E-state index is 11.5. The molecule has 1 fully saturated rings. The fourth-order valence-corrected chi connectivity index (χ4v) is 3.05. The second-order valence-electron chi connectivity index (χ2n) is 5.78. The van der Waals surface area contributed by atoms with Crippen molar-refractivity contribution in [3.8, 4) is 0 Å². The average molecular weight is 267 g/mol. The molecule has 0 amide bonds. The zero-order chi connectivity index (χ0) is 14.3. The van der Waals surface area contributed by atoms with Gasteiger partial charge in [0, 0.05) is 18.2 Å². The third-order valence-corrected chi connectivity index (χ3v) is 4.23. The van der Waals surface area contributed by atoms with Gasteiger partial charge in [-0.25, -0.2) is 4.79 Å². The van der Waals surface area contributed by atoms with E-state index in [0.29, 0.717) is 6.04 Å². The van der Waals surface area contributed by atoms with E-state index >= 15 is 0 Å². The molecule has 0 aromatic heterocycles. The number of rotatable bonds is 6. The van der Waals surface area contributed by atoms with Crippen molar-refractivity contribution in [1.82, 2.24) is 5.32 Å². The van der Waals surface area contributed by atoms with E-state index in [1.54, 1.807) is 0 Å². The van der Waals surface area contributed by atoms with Gasteiger partial charge < -0.3 is 10.1 Å². The van der Waals surface area contributed by atoms with Gasteiger partial charge >= 0.3 is 5.97 Å². The molecule has 3 nitrogen and oxygen atoms in total. The highest BCUT2D eigenvalue weighted by Crippen LogP contribution is 2.30. The minimum Gasteiger partial charge on any atom is -0.466 e. The number of nitrogens with one attached hydrogen (secondary N) is 1. The Labute approximate surface area is 117 Å². The minimum atomic E-state index is -0.201. The quantitative estimate of drug-likeness (QED) is 0.593. The summed E-state index contributed by atoms with van der Waals surface area (Å²) in [6, 6.07) is 0.598. The fourth-order valence-electron chi connectivity index (χ4n) is 3.05. The number of carbonyl (C=O) groups is 1. The smallest absolute Gasteiger partial charge is 0.333 e. The molecule has 0 aromatic carbocycles. The fraction of sp³-hybridized carbons (Fsp3) is 0.812. The van der Waals surface area contributed by atoms with Crippen molar-refractivity contribution in [2.24, 2.45) is 11.8 Å². The van der Waals surface area contributed by atoms with E-state index in [0.717, 1.165) is 30.4 Å². The summed E-state index contributed by atoms with van der Waals surface area (Å²) >= 11 is 0. The van der Waals surface area contributed by atoms with Gasteiger partial charge in [-0.15, -0.1) is 0 Å². The minimum absolute atomic E-state index is 0.201. The zero-order valence-electron chi connectivity index (χ0n) is 12.9. The number of hydrogen-bond donors (Lipinski definition) is 1. The van der Waals surface area contributed by atoms with Crippen LogP contribution in [0.1, 0.15) is 52.9 Å². The molecule has 1 saturated carbocycles. The molecule has 0 aromatic rings. The third-order valence-electron chi connectivity index (χ3n) is 4.23. The van der Waals surface area contributed by atoms with Gasteiger partial charge in [0.1, 0.15) is 0 Å². The second-order valence-corrected chi connectivity index (χ2v) is 5.78. The van der Waals surface area contributed by atoms with E-state index < -0.39 is 0 Å². The van der Waals surface area contributed by atoms with Crippen LogP contribution < -0.4 is 5.32 Å². The van der Waals surface area contributed by atoms with Crippen LogP contribution in [0.2, 0.25) is 0 Å². The summed E-state index contributed by atoms with van der Waals surface area (Å²) in [5.74, 6) is 1.30. The zero-order valence-corrected chi connectivity index (χ0v) is 12.9. The van der Waals surface area contributed by atoms with Crippen molar-refractivity contribution in [3.05, 3.63) is 11.6 Å². The first-order valence-corrected chi connectivity index (χ1v) is 7.60. The van der Waals surface area contributed by atoms with Gasteiger partial charge in [-0.3, -0.25) is 0 Å². The molecular formula is C16H29NO2. The van der Waals surface area contributed by atoms with Gasteiger partial charge in [-0.1, -0.05) is 39.7 Å². The van der Waals surface area contributed by atoms with Crippen molar-refractivity contribution in [1.29, 1.82) is 0 Å². The highest BCUT2D eigenvalue weighted by Gasteiger charge is 2.26. The lowest BCUT2D eigenvalue weighted by molar-refractivity contribution is -0.136. The Bertz CT molecular complexity index is 310. The van der Waals surface area contributed by atoms with Gasteiger partial charge in [-0.2, -0.15) is 0 Å². The van der Waals surface area contributed by atoms with Crippen LogP contribution >= 0.6 is 0 Å². The normalized spacial score (nSPS) is 24.6. The molecule has 0 aliphatic heterocycles. The van der Waals surface area contributed by atoms with Gasteiger partial charge in [0.2, 0.25) is 0 Å². The van der Waals surface area contributed by atoms with Crippen LogP contribution in [0.25, 0.3) is 0 Å². The molecule has 3 heteroatoms. The van der Waals surface area contributed by atoms with E-state index in [2.05, 4.69) is 19.2 Å². The van der Waals surface area contributed by atoms with E-state index in [1.807, 2.05) is 13.0 Å². The van der Waals surface area contributed by atoms with Crippen LogP contribution in [0.15, 0.2) is 11.6 Å². The Hall–Kier alpha value is -0.830. The number of esters is 1. The highest BCUT2D eigenvalue weighted by atomic mass is 16.5. The summed E-state index contributed by atoms with van der Waals surface area (Å²) in [5, 5.41) is 3.61. The Morgan fingerprint density at radius 3 is 2.63 bits per heavy atom. The Morgan fingerprint density at radius 1 is 1.37 bits per heavy atom. The van der Waals surface area contributed by atoms with Crippen LogP contribution in [-0.2, 0) is 9.53 Å².